The molecule has 0 bridgehead atoms. The average Bonchev–Trinajstić information content (AvgIpc) is 3.11. The third kappa shape index (κ3) is 3.23. The van der Waals surface area contributed by atoms with Gasteiger partial charge in [-0.2, -0.15) is 0 Å². The molecule has 136 valence electrons. The number of carboxylic acids is 1. The summed E-state index contributed by atoms with van der Waals surface area (Å²) in [6.07, 6.45) is 2.54. The number of fused-ring (bicyclic) bond motifs is 1. The normalized spacial score (nSPS) is 12.9. The van der Waals surface area contributed by atoms with Gasteiger partial charge in [0, 0.05) is 30.3 Å². The molecule has 4 rings (SSSR count). The van der Waals surface area contributed by atoms with Crippen molar-refractivity contribution >= 4 is 11.8 Å². The van der Waals surface area contributed by atoms with Gasteiger partial charge in [-0.15, -0.1) is 0 Å². The third-order valence-electron chi connectivity index (χ3n) is 4.57. The molecule has 0 radical (unpaired) electrons. The maximum absolute atomic E-state index is 13.2. The van der Waals surface area contributed by atoms with Crippen molar-refractivity contribution in [2.24, 2.45) is 0 Å². The molecule has 0 saturated heterocycles. The van der Waals surface area contributed by atoms with Gasteiger partial charge in [-0.1, -0.05) is 6.92 Å². The number of hydrogen-bond acceptors (Lipinski definition) is 5. The lowest BCUT2D eigenvalue weighted by Gasteiger charge is -2.19. The number of carboxylic acid groups (broad SMARTS) is 1. The first kappa shape index (κ1) is 17.1. The zero-order valence-electron chi connectivity index (χ0n) is 14.7. The minimum atomic E-state index is -1.04. The molecule has 0 amide bonds. The lowest BCUT2D eigenvalue weighted by Crippen LogP contribution is -2.20. The number of halogens is 1. The first-order valence-electron chi connectivity index (χ1n) is 8.64. The lowest BCUT2D eigenvalue weighted by atomic mass is 10.1. The van der Waals surface area contributed by atoms with Crippen LogP contribution in [0.2, 0.25) is 0 Å². The quantitative estimate of drug-likeness (QED) is 0.764. The Bertz CT molecular complexity index is 1020. The van der Waals surface area contributed by atoms with Crippen LogP contribution >= 0.6 is 0 Å². The third-order valence-corrected chi connectivity index (χ3v) is 4.57. The van der Waals surface area contributed by atoms with Crippen molar-refractivity contribution in [3.8, 4) is 11.3 Å². The summed E-state index contributed by atoms with van der Waals surface area (Å²) in [5.41, 5.74) is 3.30. The van der Waals surface area contributed by atoms with E-state index in [1.165, 1.54) is 18.2 Å². The molecule has 1 aliphatic heterocycles. The van der Waals surface area contributed by atoms with Crippen LogP contribution in [0.4, 0.5) is 10.2 Å². The molecule has 1 aromatic carbocycles. The number of carbonyl (C=O) groups is 1. The van der Waals surface area contributed by atoms with Crippen LogP contribution in [0.15, 0.2) is 42.6 Å². The number of rotatable bonds is 4. The highest BCUT2D eigenvalue weighted by Crippen LogP contribution is 2.30. The lowest BCUT2D eigenvalue weighted by molar-refractivity contribution is 0.0697. The molecule has 0 aliphatic carbocycles. The summed E-state index contributed by atoms with van der Waals surface area (Å²) in [4.78, 5) is 27.0. The van der Waals surface area contributed by atoms with Crippen molar-refractivity contribution in [1.82, 2.24) is 15.0 Å². The molecule has 6 nitrogen and oxygen atoms in total. The first-order chi connectivity index (χ1) is 13.0. The maximum Gasteiger partial charge on any atom is 0.339 e. The van der Waals surface area contributed by atoms with Gasteiger partial charge in [0.25, 0.3) is 0 Å². The predicted molar refractivity (Wildman–Crippen MR) is 97.9 cm³/mol. The number of pyridine rings is 1. The smallest absolute Gasteiger partial charge is 0.339 e. The highest BCUT2D eigenvalue weighted by atomic mass is 19.1. The number of anilines is 1. The first-order valence-corrected chi connectivity index (χ1v) is 8.64. The van der Waals surface area contributed by atoms with E-state index < -0.39 is 5.97 Å². The van der Waals surface area contributed by atoms with E-state index in [0.29, 0.717) is 24.6 Å². The Hall–Kier alpha value is -3.35. The molecule has 0 unspecified atom stereocenters. The Kier molecular flexibility index (Phi) is 4.27. The highest BCUT2D eigenvalue weighted by Gasteiger charge is 2.26. The molecule has 27 heavy (non-hydrogen) atoms. The van der Waals surface area contributed by atoms with Crippen LogP contribution in [0.1, 0.15) is 34.4 Å². The average molecular weight is 364 g/mol. The molecule has 1 aliphatic rings. The standard InChI is InChI=1S/C20H17FN4O2/c1-2-18-22-9-13-10-25(11-17(13)23-18)19-15(20(26)27)7-8-16(24-19)12-3-5-14(21)6-4-12/h3-9H,2,10-11H2,1H3,(H,26,27). The number of aromatic nitrogens is 3. The van der Waals surface area contributed by atoms with Crippen LogP contribution in [0, 0.1) is 5.82 Å². The molecule has 0 saturated carbocycles. The van der Waals surface area contributed by atoms with Crippen molar-refractivity contribution in [1.29, 1.82) is 0 Å². The van der Waals surface area contributed by atoms with E-state index in [2.05, 4.69) is 15.0 Å². The molecule has 0 spiro atoms. The maximum atomic E-state index is 13.2. The van der Waals surface area contributed by atoms with Crippen LogP contribution in [0.25, 0.3) is 11.3 Å². The van der Waals surface area contributed by atoms with Gasteiger partial charge in [0.15, 0.2) is 0 Å². The minimum absolute atomic E-state index is 0.123. The fourth-order valence-electron chi connectivity index (χ4n) is 3.15. The molecule has 7 heteroatoms. The van der Waals surface area contributed by atoms with Crippen LogP contribution < -0.4 is 4.90 Å². The molecule has 0 fully saturated rings. The van der Waals surface area contributed by atoms with E-state index >= 15 is 0 Å². The number of aromatic carboxylic acids is 1. The van der Waals surface area contributed by atoms with Crippen LogP contribution in [-0.4, -0.2) is 26.0 Å². The van der Waals surface area contributed by atoms with Gasteiger partial charge in [0.05, 0.1) is 17.9 Å². The fraction of sp³-hybridized carbons (Fsp3) is 0.200. The largest absolute Gasteiger partial charge is 0.478 e. The number of aryl methyl sites for hydroxylation is 1. The summed E-state index contributed by atoms with van der Waals surface area (Å²) in [6.45, 7) is 2.97. The number of benzene rings is 1. The number of nitrogens with zero attached hydrogens (tertiary/aromatic N) is 4. The SMILES string of the molecule is CCc1ncc2c(n1)CN(c1nc(-c3ccc(F)cc3)ccc1C(=O)O)C2. The van der Waals surface area contributed by atoms with Gasteiger partial charge in [-0.25, -0.2) is 24.1 Å². The van der Waals surface area contributed by atoms with Gasteiger partial charge in [0.2, 0.25) is 0 Å². The summed E-state index contributed by atoms with van der Waals surface area (Å²) >= 11 is 0. The summed E-state index contributed by atoms with van der Waals surface area (Å²) in [6, 6.07) is 9.14. The zero-order chi connectivity index (χ0) is 19.0. The molecule has 3 aromatic rings. The summed E-state index contributed by atoms with van der Waals surface area (Å²) in [7, 11) is 0. The molecule has 2 aromatic heterocycles. The second-order valence-electron chi connectivity index (χ2n) is 6.35. The molecule has 3 heterocycles. The van der Waals surface area contributed by atoms with Crippen LogP contribution in [-0.2, 0) is 19.5 Å². The van der Waals surface area contributed by atoms with Crippen molar-refractivity contribution in [2.45, 2.75) is 26.4 Å². The van der Waals surface area contributed by atoms with Crippen molar-refractivity contribution < 1.29 is 14.3 Å². The van der Waals surface area contributed by atoms with E-state index in [0.717, 1.165) is 29.1 Å². The summed E-state index contributed by atoms with van der Waals surface area (Å²) < 4.78 is 13.2. The molecular weight excluding hydrogens is 347 g/mol. The van der Waals surface area contributed by atoms with E-state index in [-0.39, 0.29) is 11.4 Å². The zero-order valence-corrected chi connectivity index (χ0v) is 14.7. The van der Waals surface area contributed by atoms with Crippen molar-refractivity contribution in [2.75, 3.05) is 4.90 Å². The van der Waals surface area contributed by atoms with Gasteiger partial charge in [-0.3, -0.25) is 0 Å². The minimum Gasteiger partial charge on any atom is -0.478 e. The Morgan fingerprint density at radius 3 is 2.63 bits per heavy atom. The van der Waals surface area contributed by atoms with Gasteiger partial charge in [-0.05, 0) is 36.4 Å². The van der Waals surface area contributed by atoms with Gasteiger partial charge >= 0.3 is 5.97 Å². The van der Waals surface area contributed by atoms with E-state index in [1.54, 1.807) is 24.4 Å². The highest BCUT2D eigenvalue weighted by molar-refractivity contribution is 5.94. The Balaban J connectivity index is 1.73. The topological polar surface area (TPSA) is 79.2 Å². The molecular formula is C20H17FN4O2. The van der Waals surface area contributed by atoms with E-state index in [1.807, 2.05) is 11.8 Å². The van der Waals surface area contributed by atoms with E-state index in [9.17, 15) is 14.3 Å². The Labute approximate surface area is 155 Å². The second kappa shape index (κ2) is 6.75. The van der Waals surface area contributed by atoms with Gasteiger partial charge < -0.3 is 10.0 Å². The van der Waals surface area contributed by atoms with Crippen LogP contribution in [0.3, 0.4) is 0 Å². The summed E-state index contributed by atoms with van der Waals surface area (Å²) in [5.74, 6) is -0.233. The van der Waals surface area contributed by atoms with E-state index in [4.69, 9.17) is 0 Å². The monoisotopic (exact) mass is 364 g/mol. The predicted octanol–water partition coefficient (Wildman–Crippen LogP) is 3.46. The van der Waals surface area contributed by atoms with Gasteiger partial charge in [0.1, 0.15) is 23.0 Å². The number of hydrogen-bond donors (Lipinski definition) is 1. The molecule has 1 N–H and O–H groups in total. The van der Waals surface area contributed by atoms with Crippen molar-refractivity contribution in [3.63, 3.8) is 0 Å². The van der Waals surface area contributed by atoms with Crippen molar-refractivity contribution in [3.05, 3.63) is 71.1 Å². The summed E-state index contributed by atoms with van der Waals surface area (Å²) in [5, 5.41) is 9.58. The Morgan fingerprint density at radius 2 is 1.93 bits per heavy atom. The Morgan fingerprint density at radius 1 is 1.15 bits per heavy atom. The second-order valence-corrected chi connectivity index (χ2v) is 6.35. The van der Waals surface area contributed by atoms with Crippen LogP contribution in [0.5, 0.6) is 0 Å². The fourth-order valence-corrected chi connectivity index (χ4v) is 3.15. The molecule has 0 atom stereocenters.